The van der Waals surface area contributed by atoms with Crippen LogP contribution in [0.25, 0.3) is 0 Å². The molecule has 0 aromatic heterocycles. The number of hydrogen-bond donors (Lipinski definition) is 3. The van der Waals surface area contributed by atoms with Gasteiger partial charge in [-0.3, -0.25) is 4.79 Å². The lowest BCUT2D eigenvalue weighted by molar-refractivity contribution is -0.118. The number of amides is 1. The Morgan fingerprint density at radius 1 is 1.52 bits per heavy atom. The van der Waals surface area contributed by atoms with Crippen LogP contribution in [0.2, 0.25) is 0 Å². The molecule has 0 radical (unpaired) electrons. The van der Waals surface area contributed by atoms with E-state index in [1.54, 1.807) is 0 Å². The van der Waals surface area contributed by atoms with Crippen LogP contribution in [0.5, 0.6) is 5.75 Å². The zero-order chi connectivity index (χ0) is 14.9. The van der Waals surface area contributed by atoms with Gasteiger partial charge in [0.15, 0.2) is 6.61 Å². The SMILES string of the molecule is CC(NCC1(O)CCOC1)c1ccc2c(c1)NC(=O)CO2. The van der Waals surface area contributed by atoms with Crippen LogP contribution in [0.4, 0.5) is 5.69 Å². The highest BCUT2D eigenvalue weighted by Crippen LogP contribution is 2.30. The molecule has 2 unspecified atom stereocenters. The van der Waals surface area contributed by atoms with Gasteiger partial charge in [-0.1, -0.05) is 6.07 Å². The van der Waals surface area contributed by atoms with Gasteiger partial charge in [0.25, 0.3) is 5.91 Å². The van der Waals surface area contributed by atoms with Crippen molar-refractivity contribution in [2.75, 3.05) is 31.7 Å². The number of carbonyl (C=O) groups excluding carboxylic acids is 1. The Labute approximate surface area is 123 Å². The van der Waals surface area contributed by atoms with Crippen LogP contribution in [0.1, 0.15) is 24.9 Å². The summed E-state index contributed by atoms with van der Waals surface area (Å²) in [5.41, 5.74) is 0.946. The van der Waals surface area contributed by atoms with E-state index in [4.69, 9.17) is 9.47 Å². The number of ether oxygens (including phenoxy) is 2. The van der Waals surface area contributed by atoms with Crippen LogP contribution in [-0.4, -0.2) is 43.0 Å². The number of hydrogen-bond acceptors (Lipinski definition) is 5. The highest BCUT2D eigenvalue weighted by Gasteiger charge is 2.32. The van der Waals surface area contributed by atoms with Crippen molar-refractivity contribution in [3.05, 3.63) is 23.8 Å². The Hall–Kier alpha value is -1.63. The lowest BCUT2D eigenvalue weighted by Gasteiger charge is -2.25. The average molecular weight is 292 g/mol. The second-order valence-corrected chi connectivity index (χ2v) is 5.72. The van der Waals surface area contributed by atoms with Crippen molar-refractivity contribution in [2.45, 2.75) is 25.0 Å². The second-order valence-electron chi connectivity index (χ2n) is 5.72. The van der Waals surface area contributed by atoms with Crippen molar-refractivity contribution in [1.29, 1.82) is 0 Å². The van der Waals surface area contributed by atoms with Crippen molar-refractivity contribution >= 4 is 11.6 Å². The Morgan fingerprint density at radius 2 is 2.38 bits per heavy atom. The Morgan fingerprint density at radius 3 is 3.14 bits per heavy atom. The maximum absolute atomic E-state index is 11.4. The first-order chi connectivity index (χ1) is 10.1. The van der Waals surface area contributed by atoms with Crippen LogP contribution < -0.4 is 15.4 Å². The number of carbonyl (C=O) groups is 1. The summed E-state index contributed by atoms with van der Waals surface area (Å²) in [5, 5.41) is 16.4. The highest BCUT2D eigenvalue weighted by molar-refractivity contribution is 5.95. The first-order valence-electron chi connectivity index (χ1n) is 7.16. The standard InChI is InChI=1S/C15H20N2O4/c1-10(16-8-15(19)4-5-20-9-15)11-2-3-13-12(6-11)17-14(18)7-21-13/h2-3,6,10,16,19H,4-5,7-9H2,1H3,(H,17,18). The summed E-state index contributed by atoms with van der Waals surface area (Å²) in [6, 6.07) is 5.77. The van der Waals surface area contributed by atoms with E-state index < -0.39 is 5.60 Å². The first kappa shape index (κ1) is 14.3. The van der Waals surface area contributed by atoms with E-state index in [1.165, 1.54) is 0 Å². The molecule has 2 aliphatic rings. The van der Waals surface area contributed by atoms with Crippen molar-refractivity contribution in [3.63, 3.8) is 0 Å². The lowest BCUT2D eigenvalue weighted by atomic mass is 10.0. The summed E-state index contributed by atoms with van der Waals surface area (Å²) in [6.07, 6.45) is 0.654. The molecule has 0 aliphatic carbocycles. The molecule has 3 rings (SSSR count). The van der Waals surface area contributed by atoms with E-state index >= 15 is 0 Å². The molecule has 1 aromatic rings. The molecule has 1 saturated heterocycles. The van der Waals surface area contributed by atoms with Gasteiger partial charge in [-0.15, -0.1) is 0 Å². The normalized spacial score (nSPS) is 25.9. The van der Waals surface area contributed by atoms with Gasteiger partial charge in [0.2, 0.25) is 0 Å². The summed E-state index contributed by atoms with van der Waals surface area (Å²) in [4.78, 5) is 11.4. The van der Waals surface area contributed by atoms with Crippen molar-refractivity contribution in [3.8, 4) is 5.75 Å². The Bertz CT molecular complexity index is 540. The molecule has 6 heteroatoms. The molecule has 2 aliphatic heterocycles. The van der Waals surface area contributed by atoms with Crippen LogP contribution >= 0.6 is 0 Å². The van der Waals surface area contributed by atoms with Crippen molar-refractivity contribution in [2.24, 2.45) is 0 Å². The van der Waals surface area contributed by atoms with Crippen LogP contribution in [0.3, 0.4) is 0 Å². The smallest absolute Gasteiger partial charge is 0.262 e. The highest BCUT2D eigenvalue weighted by atomic mass is 16.5. The molecule has 1 aromatic carbocycles. The number of aliphatic hydroxyl groups is 1. The molecular weight excluding hydrogens is 272 g/mol. The zero-order valence-electron chi connectivity index (χ0n) is 12.0. The molecular formula is C15H20N2O4. The van der Waals surface area contributed by atoms with Crippen molar-refractivity contribution < 1.29 is 19.4 Å². The summed E-state index contributed by atoms with van der Waals surface area (Å²) in [6.45, 7) is 3.54. The van der Waals surface area contributed by atoms with Gasteiger partial charge < -0.3 is 25.2 Å². The van der Waals surface area contributed by atoms with Gasteiger partial charge >= 0.3 is 0 Å². The maximum Gasteiger partial charge on any atom is 0.262 e. The minimum absolute atomic E-state index is 0.0544. The molecule has 1 amide bonds. The Kier molecular flexibility index (Phi) is 3.84. The third-order valence-electron chi connectivity index (χ3n) is 3.96. The van der Waals surface area contributed by atoms with E-state index in [0.29, 0.717) is 37.6 Å². The first-order valence-corrected chi connectivity index (χ1v) is 7.16. The summed E-state index contributed by atoms with van der Waals surface area (Å²) in [7, 11) is 0. The third-order valence-corrected chi connectivity index (χ3v) is 3.96. The lowest BCUT2D eigenvalue weighted by Crippen LogP contribution is -2.41. The number of fused-ring (bicyclic) bond motifs is 1. The van der Waals surface area contributed by atoms with Gasteiger partial charge in [-0.2, -0.15) is 0 Å². The van der Waals surface area contributed by atoms with Crippen molar-refractivity contribution in [1.82, 2.24) is 5.32 Å². The maximum atomic E-state index is 11.4. The molecule has 0 spiro atoms. The predicted octanol–water partition coefficient (Wildman–Crippen LogP) is 0.819. The van der Waals surface area contributed by atoms with Gasteiger partial charge in [0.1, 0.15) is 11.4 Å². The summed E-state index contributed by atoms with van der Waals surface area (Å²) < 4.78 is 10.6. The van der Waals surface area contributed by atoms with Crippen LogP contribution in [-0.2, 0) is 9.53 Å². The number of nitrogens with one attached hydrogen (secondary N) is 2. The van der Waals surface area contributed by atoms with E-state index in [9.17, 15) is 9.90 Å². The van der Waals surface area contributed by atoms with Gasteiger partial charge in [-0.25, -0.2) is 0 Å². The molecule has 0 saturated carbocycles. The summed E-state index contributed by atoms with van der Waals surface area (Å²) >= 11 is 0. The molecule has 114 valence electrons. The fraction of sp³-hybridized carbons (Fsp3) is 0.533. The minimum Gasteiger partial charge on any atom is -0.482 e. The largest absolute Gasteiger partial charge is 0.482 e. The van der Waals surface area contributed by atoms with Gasteiger partial charge in [-0.05, 0) is 24.6 Å². The van der Waals surface area contributed by atoms with E-state index in [0.717, 1.165) is 5.56 Å². The molecule has 1 fully saturated rings. The van der Waals surface area contributed by atoms with E-state index in [-0.39, 0.29) is 18.6 Å². The molecule has 2 atom stereocenters. The quantitative estimate of drug-likeness (QED) is 0.765. The van der Waals surface area contributed by atoms with Gasteiger partial charge in [0.05, 0.1) is 12.3 Å². The predicted molar refractivity (Wildman–Crippen MR) is 77.4 cm³/mol. The molecule has 3 N–H and O–H groups in total. The second kappa shape index (κ2) is 5.63. The summed E-state index contributed by atoms with van der Waals surface area (Å²) in [5.74, 6) is 0.547. The van der Waals surface area contributed by atoms with Crippen LogP contribution in [0, 0.1) is 0 Å². The van der Waals surface area contributed by atoms with Gasteiger partial charge in [0, 0.05) is 25.6 Å². The zero-order valence-corrected chi connectivity index (χ0v) is 12.0. The molecule has 6 nitrogen and oxygen atoms in total. The monoisotopic (exact) mass is 292 g/mol. The van der Waals surface area contributed by atoms with E-state index in [1.807, 2.05) is 25.1 Å². The Balaban J connectivity index is 1.66. The fourth-order valence-corrected chi connectivity index (χ4v) is 2.57. The van der Waals surface area contributed by atoms with Crippen LogP contribution in [0.15, 0.2) is 18.2 Å². The number of rotatable bonds is 4. The number of anilines is 1. The topological polar surface area (TPSA) is 79.8 Å². The molecule has 0 bridgehead atoms. The average Bonchev–Trinajstić information content (AvgIpc) is 2.91. The minimum atomic E-state index is -0.778. The molecule has 21 heavy (non-hydrogen) atoms. The number of benzene rings is 1. The van der Waals surface area contributed by atoms with E-state index in [2.05, 4.69) is 10.6 Å². The third kappa shape index (κ3) is 3.18. The fourth-order valence-electron chi connectivity index (χ4n) is 2.57. The molecule has 2 heterocycles.